The molecule has 0 saturated heterocycles. The molecule has 0 saturated carbocycles. The van der Waals surface area contributed by atoms with Crippen molar-refractivity contribution in [1.29, 1.82) is 0 Å². The lowest BCUT2D eigenvalue weighted by Crippen LogP contribution is -2.22. The highest BCUT2D eigenvalue weighted by Crippen LogP contribution is 2.29. The van der Waals surface area contributed by atoms with Gasteiger partial charge in [-0.05, 0) is 24.3 Å². The number of anilines is 1. The van der Waals surface area contributed by atoms with Crippen molar-refractivity contribution in [2.45, 2.75) is 11.7 Å². The molecule has 6 nitrogen and oxygen atoms in total. The lowest BCUT2D eigenvalue weighted by atomic mass is 10.2. The van der Waals surface area contributed by atoms with E-state index >= 15 is 0 Å². The number of thioether (sulfide) groups is 1. The minimum Gasteiger partial charge on any atom is -0.422 e. The van der Waals surface area contributed by atoms with Crippen LogP contribution in [0.5, 0.6) is 0 Å². The van der Waals surface area contributed by atoms with Crippen molar-refractivity contribution in [1.82, 2.24) is 0 Å². The van der Waals surface area contributed by atoms with Gasteiger partial charge in [-0.2, -0.15) is 0 Å². The van der Waals surface area contributed by atoms with Crippen LogP contribution < -0.4 is 10.9 Å². The summed E-state index contributed by atoms with van der Waals surface area (Å²) < 4.78 is 18.9. The Morgan fingerprint density at radius 2 is 1.89 bits per heavy atom. The van der Waals surface area contributed by atoms with E-state index in [-0.39, 0.29) is 22.7 Å². The Bertz CT molecular complexity index is 1190. The molecule has 0 aliphatic carbocycles. The van der Waals surface area contributed by atoms with Crippen molar-refractivity contribution in [2.24, 2.45) is 4.99 Å². The second kappa shape index (κ2) is 7.40. The van der Waals surface area contributed by atoms with Crippen molar-refractivity contribution in [3.8, 4) is 0 Å². The minimum atomic E-state index is -0.785. The summed E-state index contributed by atoms with van der Waals surface area (Å²) in [5.41, 5.74) is 0.0505. The number of halogens is 1. The Labute approximate surface area is 162 Å². The number of nitrogens with one attached hydrogen (secondary N) is 1. The van der Waals surface area contributed by atoms with Crippen LogP contribution in [0.25, 0.3) is 11.0 Å². The SMILES string of the molecule is O=C(C[C@H]1SC(c2cc3ccccc3oc2=O)=NC1=O)Nc1ccccc1F. The molecule has 2 amide bonds. The zero-order chi connectivity index (χ0) is 19.7. The maximum Gasteiger partial charge on any atom is 0.346 e. The lowest BCUT2D eigenvalue weighted by Gasteiger charge is -2.09. The number of fused-ring (bicyclic) bond motifs is 1. The number of carbonyl (C=O) groups excluding carboxylic acids is 2. The molecular formula is C20H13FN2O4S. The smallest absolute Gasteiger partial charge is 0.346 e. The van der Waals surface area contributed by atoms with E-state index in [9.17, 15) is 18.8 Å². The van der Waals surface area contributed by atoms with Gasteiger partial charge in [-0.15, -0.1) is 0 Å². The van der Waals surface area contributed by atoms with Crippen LogP contribution in [0.3, 0.4) is 0 Å². The first-order valence-electron chi connectivity index (χ1n) is 8.38. The highest BCUT2D eigenvalue weighted by atomic mass is 32.2. The molecule has 2 heterocycles. The molecule has 0 spiro atoms. The molecule has 4 rings (SSSR count). The van der Waals surface area contributed by atoms with Gasteiger partial charge in [-0.3, -0.25) is 9.59 Å². The molecule has 1 aliphatic heterocycles. The number of nitrogens with zero attached hydrogens (tertiary/aromatic N) is 1. The van der Waals surface area contributed by atoms with Gasteiger partial charge in [-0.1, -0.05) is 42.1 Å². The highest BCUT2D eigenvalue weighted by molar-refractivity contribution is 8.16. The van der Waals surface area contributed by atoms with E-state index < -0.39 is 28.5 Å². The zero-order valence-corrected chi connectivity index (χ0v) is 15.2. The monoisotopic (exact) mass is 396 g/mol. The Balaban J connectivity index is 1.50. The largest absolute Gasteiger partial charge is 0.422 e. The van der Waals surface area contributed by atoms with Crippen molar-refractivity contribution in [3.63, 3.8) is 0 Å². The molecule has 28 heavy (non-hydrogen) atoms. The molecule has 1 atom stereocenters. The van der Waals surface area contributed by atoms with Crippen molar-refractivity contribution >= 4 is 45.3 Å². The second-order valence-corrected chi connectivity index (χ2v) is 7.27. The molecule has 1 N–H and O–H groups in total. The quantitative estimate of drug-likeness (QED) is 0.683. The molecule has 0 unspecified atom stereocenters. The summed E-state index contributed by atoms with van der Waals surface area (Å²) in [6, 6.07) is 14.4. The van der Waals surface area contributed by atoms with E-state index in [1.54, 1.807) is 36.4 Å². The molecule has 140 valence electrons. The molecule has 0 radical (unpaired) electrons. The van der Waals surface area contributed by atoms with Gasteiger partial charge >= 0.3 is 5.63 Å². The van der Waals surface area contributed by atoms with Crippen LogP contribution in [0.4, 0.5) is 10.1 Å². The van der Waals surface area contributed by atoms with Crippen LogP contribution in [-0.4, -0.2) is 22.1 Å². The van der Waals surface area contributed by atoms with Gasteiger partial charge < -0.3 is 9.73 Å². The Kier molecular flexibility index (Phi) is 4.79. The average Bonchev–Trinajstić information content (AvgIpc) is 3.03. The van der Waals surface area contributed by atoms with Gasteiger partial charge in [0.1, 0.15) is 21.7 Å². The zero-order valence-electron chi connectivity index (χ0n) is 14.3. The standard InChI is InChI=1S/C20H13FN2O4S/c21-13-6-2-3-7-14(13)22-17(24)10-16-18(25)23-19(28-16)12-9-11-5-1-4-8-15(11)27-20(12)26/h1-9,16H,10H2,(H,22,24)/t16-/m1/s1. The molecule has 0 bridgehead atoms. The number of carbonyl (C=O) groups is 2. The molecule has 0 fully saturated rings. The fraction of sp³-hybridized carbons (Fsp3) is 0.100. The Morgan fingerprint density at radius 3 is 2.71 bits per heavy atom. The summed E-state index contributed by atoms with van der Waals surface area (Å²) in [6.45, 7) is 0. The molecule has 3 aromatic rings. The van der Waals surface area contributed by atoms with E-state index in [4.69, 9.17) is 4.42 Å². The first-order chi connectivity index (χ1) is 13.5. The van der Waals surface area contributed by atoms with E-state index in [1.165, 1.54) is 18.2 Å². The van der Waals surface area contributed by atoms with Gasteiger partial charge in [0.15, 0.2) is 0 Å². The molecule has 8 heteroatoms. The molecular weight excluding hydrogens is 383 g/mol. The van der Waals surface area contributed by atoms with Crippen LogP contribution in [0.15, 0.2) is 68.8 Å². The van der Waals surface area contributed by atoms with Crippen LogP contribution in [-0.2, 0) is 9.59 Å². The fourth-order valence-electron chi connectivity index (χ4n) is 2.78. The summed E-state index contributed by atoms with van der Waals surface area (Å²) in [4.78, 5) is 40.5. The Morgan fingerprint density at radius 1 is 1.14 bits per heavy atom. The summed E-state index contributed by atoms with van der Waals surface area (Å²) in [5, 5.41) is 2.57. The average molecular weight is 396 g/mol. The topological polar surface area (TPSA) is 88.7 Å². The number of para-hydroxylation sites is 2. The van der Waals surface area contributed by atoms with E-state index in [0.717, 1.165) is 11.8 Å². The number of amides is 2. The van der Waals surface area contributed by atoms with Crippen LogP contribution in [0, 0.1) is 5.82 Å². The van der Waals surface area contributed by atoms with E-state index in [2.05, 4.69) is 10.3 Å². The van der Waals surface area contributed by atoms with E-state index in [0.29, 0.717) is 11.0 Å². The maximum absolute atomic E-state index is 13.6. The third-order valence-corrected chi connectivity index (χ3v) is 5.32. The summed E-state index contributed by atoms with van der Waals surface area (Å²) in [5.74, 6) is -1.60. The summed E-state index contributed by atoms with van der Waals surface area (Å²) >= 11 is 1.02. The Hall–Kier alpha value is -3.26. The van der Waals surface area contributed by atoms with Crippen molar-refractivity contribution < 1.29 is 18.4 Å². The summed E-state index contributed by atoms with van der Waals surface area (Å²) in [6.07, 6.45) is -0.191. The molecule has 1 aliphatic rings. The first-order valence-corrected chi connectivity index (χ1v) is 9.26. The van der Waals surface area contributed by atoms with Gasteiger partial charge in [-0.25, -0.2) is 14.2 Å². The van der Waals surface area contributed by atoms with Crippen LogP contribution in [0.2, 0.25) is 0 Å². The van der Waals surface area contributed by atoms with Gasteiger partial charge in [0.2, 0.25) is 5.91 Å². The van der Waals surface area contributed by atoms with Gasteiger partial charge in [0.05, 0.1) is 11.3 Å². The normalized spacial score (nSPS) is 16.2. The van der Waals surface area contributed by atoms with Gasteiger partial charge in [0.25, 0.3) is 5.91 Å². The summed E-state index contributed by atoms with van der Waals surface area (Å²) in [7, 11) is 0. The number of rotatable bonds is 4. The third kappa shape index (κ3) is 3.59. The maximum atomic E-state index is 13.6. The molecule has 2 aromatic carbocycles. The number of hydrogen-bond donors (Lipinski definition) is 1. The number of aliphatic imine (C=N–C) groups is 1. The highest BCUT2D eigenvalue weighted by Gasteiger charge is 2.32. The third-order valence-electron chi connectivity index (χ3n) is 4.13. The van der Waals surface area contributed by atoms with Gasteiger partial charge in [0, 0.05) is 11.8 Å². The first kappa shape index (κ1) is 18.1. The van der Waals surface area contributed by atoms with E-state index in [1.807, 2.05) is 0 Å². The molecule has 1 aromatic heterocycles. The van der Waals surface area contributed by atoms with Crippen molar-refractivity contribution in [2.75, 3.05) is 5.32 Å². The number of hydrogen-bond acceptors (Lipinski definition) is 5. The number of benzene rings is 2. The second-order valence-electron chi connectivity index (χ2n) is 6.08. The predicted octanol–water partition coefficient (Wildman–Crippen LogP) is 3.35. The van der Waals surface area contributed by atoms with Crippen molar-refractivity contribution in [3.05, 3.63) is 76.4 Å². The fourth-order valence-corrected chi connectivity index (χ4v) is 3.85. The lowest BCUT2D eigenvalue weighted by molar-refractivity contribution is -0.121. The minimum absolute atomic E-state index is 0.0410. The predicted molar refractivity (Wildman–Crippen MR) is 105 cm³/mol. The van der Waals surface area contributed by atoms with Crippen LogP contribution >= 0.6 is 11.8 Å². The van der Waals surface area contributed by atoms with Crippen LogP contribution in [0.1, 0.15) is 12.0 Å².